The van der Waals surface area contributed by atoms with Crippen LogP contribution in [0.2, 0.25) is 0 Å². The van der Waals surface area contributed by atoms with Crippen LogP contribution in [0.5, 0.6) is 5.75 Å². The Labute approximate surface area is 192 Å². The molecule has 9 heteroatoms. The van der Waals surface area contributed by atoms with Gasteiger partial charge in [0.15, 0.2) is 0 Å². The number of nitrogens with one attached hydrogen (secondary N) is 1. The fourth-order valence-electron chi connectivity index (χ4n) is 2.90. The number of carbonyl (C=O) groups excluding carboxylic acids is 2. The van der Waals surface area contributed by atoms with Gasteiger partial charge in [-0.15, -0.1) is 0 Å². The molecule has 32 heavy (non-hydrogen) atoms. The first-order valence-electron chi connectivity index (χ1n) is 10.0. The van der Waals surface area contributed by atoms with Crippen LogP contribution >= 0.6 is 12.6 Å². The van der Waals surface area contributed by atoms with Gasteiger partial charge in [-0.1, -0.05) is 19.1 Å². The zero-order valence-electron chi connectivity index (χ0n) is 17.7. The van der Waals surface area contributed by atoms with Gasteiger partial charge >= 0.3 is 12.1 Å². The summed E-state index contributed by atoms with van der Waals surface area (Å²) < 4.78 is 16.3. The Kier molecular flexibility index (Phi) is 10.4. The van der Waals surface area contributed by atoms with Crippen LogP contribution in [0.1, 0.15) is 30.6 Å². The zero-order valence-corrected chi connectivity index (χ0v) is 18.6. The van der Waals surface area contributed by atoms with Gasteiger partial charge in [0.2, 0.25) is 0 Å². The van der Waals surface area contributed by atoms with Crippen LogP contribution in [0.25, 0.3) is 0 Å². The minimum Gasteiger partial charge on any atom is -0.491 e. The first kappa shape index (κ1) is 25.0. The van der Waals surface area contributed by atoms with Crippen LogP contribution in [-0.4, -0.2) is 42.7 Å². The van der Waals surface area contributed by atoms with E-state index in [0.29, 0.717) is 29.0 Å². The first-order chi connectivity index (χ1) is 15.5. The Balaban J connectivity index is 2.14. The highest BCUT2D eigenvalue weighted by Gasteiger charge is 2.25. The van der Waals surface area contributed by atoms with E-state index in [-0.39, 0.29) is 31.5 Å². The van der Waals surface area contributed by atoms with E-state index in [1.165, 1.54) is 0 Å². The van der Waals surface area contributed by atoms with Crippen LogP contribution in [-0.2, 0) is 14.3 Å². The number of ether oxygens (including phenoxy) is 3. The third-order valence-corrected chi connectivity index (χ3v) is 4.78. The summed E-state index contributed by atoms with van der Waals surface area (Å²) in [6, 6.07) is 15.5. The van der Waals surface area contributed by atoms with Gasteiger partial charge in [0.25, 0.3) is 0 Å². The topological polar surface area (TPSA) is 118 Å². The van der Waals surface area contributed by atoms with Crippen LogP contribution in [0.15, 0.2) is 48.5 Å². The minimum atomic E-state index is -0.666. The summed E-state index contributed by atoms with van der Waals surface area (Å²) in [5.74, 6) is -0.0872. The van der Waals surface area contributed by atoms with Crippen molar-refractivity contribution in [1.29, 1.82) is 5.26 Å². The first-order valence-corrected chi connectivity index (χ1v) is 10.7. The van der Waals surface area contributed by atoms with E-state index < -0.39 is 18.2 Å². The quantitative estimate of drug-likeness (QED) is 0.347. The second-order valence-corrected chi connectivity index (χ2v) is 7.25. The number of hydrogen-bond donors (Lipinski definition) is 3. The van der Waals surface area contributed by atoms with Crippen molar-refractivity contribution in [2.45, 2.75) is 19.4 Å². The number of amides is 1. The van der Waals surface area contributed by atoms with Crippen molar-refractivity contribution in [3.05, 3.63) is 59.7 Å². The molecule has 2 atom stereocenters. The van der Waals surface area contributed by atoms with Crippen LogP contribution in [0.4, 0.5) is 10.5 Å². The number of thiol groups is 1. The Bertz CT molecular complexity index is 929. The average molecular weight is 459 g/mol. The molecule has 0 radical (unpaired) electrons. The molecule has 0 aliphatic heterocycles. The molecule has 0 bridgehead atoms. The SMILES string of the molecule is C[C@@H](CCOC(=O)CS)[C@H](OC(=O)Nc1ccc(C#N)cc1)c1cccc(OCCO)c1. The number of nitrogens with zero attached hydrogens (tertiary/aromatic N) is 1. The van der Waals surface area contributed by atoms with Gasteiger partial charge in [-0.05, 0) is 48.4 Å². The number of nitriles is 1. The molecule has 2 rings (SSSR count). The Morgan fingerprint density at radius 2 is 1.94 bits per heavy atom. The number of anilines is 1. The van der Waals surface area contributed by atoms with Gasteiger partial charge in [0.05, 0.1) is 30.6 Å². The van der Waals surface area contributed by atoms with E-state index in [1.54, 1.807) is 42.5 Å². The summed E-state index contributed by atoms with van der Waals surface area (Å²) in [5.41, 5.74) is 1.66. The molecule has 0 saturated carbocycles. The molecular weight excluding hydrogens is 432 g/mol. The van der Waals surface area contributed by atoms with Crippen LogP contribution in [0.3, 0.4) is 0 Å². The predicted molar refractivity (Wildman–Crippen MR) is 122 cm³/mol. The molecule has 0 aliphatic rings. The summed E-state index contributed by atoms with van der Waals surface area (Å²) in [7, 11) is 0. The van der Waals surface area contributed by atoms with E-state index in [0.717, 1.165) is 0 Å². The molecular formula is C23H26N2O6S. The summed E-state index contributed by atoms with van der Waals surface area (Å²) >= 11 is 3.88. The van der Waals surface area contributed by atoms with Gasteiger partial charge in [-0.3, -0.25) is 10.1 Å². The van der Waals surface area contributed by atoms with Crippen LogP contribution < -0.4 is 10.1 Å². The van der Waals surface area contributed by atoms with Gasteiger partial charge in [0.1, 0.15) is 18.5 Å². The molecule has 0 unspecified atom stereocenters. The van der Waals surface area contributed by atoms with Crippen molar-refractivity contribution in [2.75, 3.05) is 30.9 Å². The molecule has 0 spiro atoms. The van der Waals surface area contributed by atoms with Crippen molar-refractivity contribution >= 4 is 30.4 Å². The standard InChI is InChI=1S/C23H26N2O6S/c1-16(9-11-30-21(27)15-32)22(18-3-2-4-20(13-18)29-12-10-26)31-23(28)25-19-7-5-17(14-24)6-8-19/h2-8,13,16,22,26,32H,9-12,15H2,1H3,(H,25,28)/t16-,22-/m0/s1. The lowest BCUT2D eigenvalue weighted by atomic mass is 9.94. The lowest BCUT2D eigenvalue weighted by Gasteiger charge is -2.25. The predicted octanol–water partition coefficient (Wildman–Crippen LogP) is 3.72. The number of aliphatic hydroxyl groups is 1. The fraction of sp³-hybridized carbons (Fsp3) is 0.348. The second-order valence-electron chi connectivity index (χ2n) is 6.93. The lowest BCUT2D eigenvalue weighted by Crippen LogP contribution is -2.23. The maximum absolute atomic E-state index is 12.6. The highest BCUT2D eigenvalue weighted by atomic mass is 32.1. The number of benzene rings is 2. The molecule has 0 fully saturated rings. The Morgan fingerprint density at radius 1 is 1.19 bits per heavy atom. The third kappa shape index (κ3) is 8.13. The van der Waals surface area contributed by atoms with E-state index in [4.69, 9.17) is 24.6 Å². The number of carbonyl (C=O) groups is 2. The number of rotatable bonds is 11. The van der Waals surface area contributed by atoms with Crippen molar-refractivity contribution in [2.24, 2.45) is 5.92 Å². The Morgan fingerprint density at radius 3 is 2.59 bits per heavy atom. The average Bonchev–Trinajstić information content (AvgIpc) is 2.81. The van der Waals surface area contributed by atoms with Crippen LogP contribution in [0, 0.1) is 17.2 Å². The van der Waals surface area contributed by atoms with Gasteiger partial charge in [-0.2, -0.15) is 17.9 Å². The molecule has 0 saturated heterocycles. The summed E-state index contributed by atoms with van der Waals surface area (Å²) in [4.78, 5) is 23.9. The number of aliphatic hydroxyl groups excluding tert-OH is 1. The highest BCUT2D eigenvalue weighted by molar-refractivity contribution is 7.81. The molecule has 0 aromatic heterocycles. The fourth-order valence-corrected chi connectivity index (χ4v) is 3.00. The summed E-state index contributed by atoms with van der Waals surface area (Å²) in [5, 5.41) is 20.5. The van der Waals surface area contributed by atoms with E-state index >= 15 is 0 Å². The molecule has 2 N–H and O–H groups in total. The van der Waals surface area contributed by atoms with E-state index in [1.807, 2.05) is 19.1 Å². The lowest BCUT2D eigenvalue weighted by molar-refractivity contribution is -0.141. The summed E-state index contributed by atoms with van der Waals surface area (Å²) in [6.45, 7) is 2.07. The molecule has 1 amide bonds. The second kappa shape index (κ2) is 13.2. The van der Waals surface area contributed by atoms with Crippen molar-refractivity contribution in [3.8, 4) is 11.8 Å². The maximum atomic E-state index is 12.6. The molecule has 8 nitrogen and oxygen atoms in total. The highest BCUT2D eigenvalue weighted by Crippen LogP contribution is 2.31. The molecule has 2 aromatic rings. The smallest absolute Gasteiger partial charge is 0.412 e. The largest absolute Gasteiger partial charge is 0.491 e. The summed E-state index contributed by atoms with van der Waals surface area (Å²) in [6.07, 6.45) is -0.864. The normalized spacial score (nSPS) is 12.2. The maximum Gasteiger partial charge on any atom is 0.412 e. The third-order valence-electron chi connectivity index (χ3n) is 4.52. The monoisotopic (exact) mass is 458 g/mol. The molecule has 0 heterocycles. The zero-order chi connectivity index (χ0) is 23.3. The number of esters is 1. The van der Waals surface area contributed by atoms with Gasteiger partial charge < -0.3 is 19.3 Å². The van der Waals surface area contributed by atoms with Gasteiger partial charge in [0, 0.05) is 11.6 Å². The van der Waals surface area contributed by atoms with E-state index in [9.17, 15) is 9.59 Å². The van der Waals surface area contributed by atoms with Crippen molar-refractivity contribution in [1.82, 2.24) is 0 Å². The minimum absolute atomic E-state index is 0.00839. The van der Waals surface area contributed by atoms with Crippen molar-refractivity contribution in [3.63, 3.8) is 0 Å². The van der Waals surface area contributed by atoms with Gasteiger partial charge in [-0.25, -0.2) is 4.79 Å². The molecule has 170 valence electrons. The Hall–Kier alpha value is -3.22. The molecule has 2 aromatic carbocycles. The van der Waals surface area contributed by atoms with Crippen molar-refractivity contribution < 1.29 is 28.9 Å². The molecule has 0 aliphatic carbocycles. The van der Waals surface area contributed by atoms with E-state index in [2.05, 4.69) is 17.9 Å². The number of hydrogen-bond acceptors (Lipinski definition) is 8.